The summed E-state index contributed by atoms with van der Waals surface area (Å²) in [6, 6.07) is 19.3. The molecule has 0 saturated heterocycles. The van der Waals surface area contributed by atoms with Crippen LogP contribution in [0.3, 0.4) is 0 Å². The van der Waals surface area contributed by atoms with Gasteiger partial charge in [-0.05, 0) is 47.5 Å². The van der Waals surface area contributed by atoms with Crippen LogP contribution >= 0.6 is 11.6 Å². The van der Waals surface area contributed by atoms with Gasteiger partial charge in [0.25, 0.3) is 16.0 Å². The Hall–Kier alpha value is -4.23. The van der Waals surface area contributed by atoms with E-state index in [1.807, 2.05) is 30.3 Å². The van der Waals surface area contributed by atoms with E-state index in [-0.39, 0.29) is 18.4 Å². The number of halogens is 4. The first-order valence-electron chi connectivity index (χ1n) is 11.7. The Morgan fingerprint density at radius 1 is 1.05 bits per heavy atom. The van der Waals surface area contributed by atoms with Gasteiger partial charge in [0, 0.05) is 17.9 Å². The largest absolute Gasteiger partial charge is 0.416 e. The van der Waals surface area contributed by atoms with Gasteiger partial charge in [-0.2, -0.15) is 31.8 Å². The highest BCUT2D eigenvalue weighted by molar-refractivity contribution is 7.90. The van der Waals surface area contributed by atoms with Crippen LogP contribution in [0, 0.1) is 0 Å². The highest BCUT2D eigenvalue weighted by Crippen LogP contribution is 2.31. The molecule has 0 fully saturated rings. The Kier molecular flexibility index (Phi) is 8.55. The predicted molar refractivity (Wildman–Crippen MR) is 145 cm³/mol. The predicted octanol–water partition coefficient (Wildman–Crippen LogP) is 4.58. The number of carbonyl (C=O) groups is 1. The van der Waals surface area contributed by atoms with Gasteiger partial charge in [-0.3, -0.25) is 4.79 Å². The molecule has 1 atom stereocenters. The van der Waals surface area contributed by atoms with Gasteiger partial charge in [-0.25, -0.2) is 10.4 Å². The van der Waals surface area contributed by atoms with Crippen LogP contribution in [0.5, 0.6) is 0 Å². The van der Waals surface area contributed by atoms with Crippen molar-refractivity contribution in [2.45, 2.75) is 23.9 Å². The quantitative estimate of drug-likeness (QED) is 0.248. The molecule has 1 amide bonds. The lowest BCUT2D eigenvalue weighted by Crippen LogP contribution is -2.36. The molecule has 9 nitrogen and oxygen atoms in total. The standard InChI is InChI=1S/C26H22ClF3N6O3S/c1-17(37)31-16-32-33-25(35-40(38,39)22-13-9-20(10-14-22)26(28,29)30)36-15-23(18-5-3-2-4-6-18)24(34-36)19-7-11-21(27)12-8-19/h2-14,16,23H,15H2,1H3,(H,33,35)(H,31,32,37)/t23-/m1/s1. The maximum absolute atomic E-state index is 13.1. The number of nitrogens with zero attached hydrogens (tertiary/aromatic N) is 4. The molecule has 1 aliphatic rings. The number of alkyl halides is 3. The average Bonchev–Trinajstić information content (AvgIpc) is 3.36. The average molecular weight is 591 g/mol. The SMILES string of the molecule is CC(=O)N/C=N\N/C(=N\S(=O)(=O)c1ccc(C(F)(F)F)cc1)N1C[C@H](c2ccccc2)C(c2ccc(Cl)cc2)=N1. The summed E-state index contributed by atoms with van der Waals surface area (Å²) in [4.78, 5) is 10.7. The van der Waals surface area contributed by atoms with E-state index in [1.165, 1.54) is 11.9 Å². The Morgan fingerprint density at radius 3 is 2.30 bits per heavy atom. The number of hydrazone groups is 2. The second-order valence-corrected chi connectivity index (χ2v) is 10.6. The van der Waals surface area contributed by atoms with Crippen molar-refractivity contribution >= 4 is 45.5 Å². The van der Waals surface area contributed by atoms with Crippen LogP contribution < -0.4 is 10.7 Å². The molecule has 40 heavy (non-hydrogen) atoms. The zero-order valence-electron chi connectivity index (χ0n) is 20.8. The van der Waals surface area contributed by atoms with E-state index in [2.05, 4.69) is 25.3 Å². The minimum atomic E-state index is -4.63. The lowest BCUT2D eigenvalue weighted by molar-refractivity contribution is -0.137. The normalized spacial score (nSPS) is 16.2. The Morgan fingerprint density at radius 2 is 1.70 bits per heavy atom. The highest BCUT2D eigenvalue weighted by atomic mass is 35.5. The Labute approximate surface area is 233 Å². The van der Waals surface area contributed by atoms with Crippen molar-refractivity contribution in [3.8, 4) is 0 Å². The summed E-state index contributed by atoms with van der Waals surface area (Å²) < 4.78 is 69.0. The number of hydrogen-bond acceptors (Lipinski definition) is 5. The van der Waals surface area contributed by atoms with Crippen molar-refractivity contribution in [2.24, 2.45) is 14.6 Å². The number of amides is 1. The van der Waals surface area contributed by atoms with Gasteiger partial charge in [0.2, 0.25) is 5.91 Å². The van der Waals surface area contributed by atoms with Crippen molar-refractivity contribution in [1.82, 2.24) is 15.8 Å². The monoisotopic (exact) mass is 590 g/mol. The summed E-state index contributed by atoms with van der Waals surface area (Å²) in [6.45, 7) is 1.40. The van der Waals surface area contributed by atoms with Gasteiger partial charge >= 0.3 is 6.18 Å². The molecule has 1 heterocycles. The summed E-state index contributed by atoms with van der Waals surface area (Å²) in [5.41, 5.74) is 3.69. The molecular formula is C26H22ClF3N6O3S. The molecule has 14 heteroatoms. The molecule has 0 aliphatic carbocycles. The molecule has 0 radical (unpaired) electrons. The first-order valence-corrected chi connectivity index (χ1v) is 13.5. The maximum Gasteiger partial charge on any atom is 0.416 e. The van der Waals surface area contributed by atoms with Gasteiger partial charge in [0.1, 0.15) is 6.34 Å². The van der Waals surface area contributed by atoms with Crippen LogP contribution in [-0.2, 0) is 21.0 Å². The zero-order valence-corrected chi connectivity index (χ0v) is 22.4. The number of guanidine groups is 1. The van der Waals surface area contributed by atoms with Gasteiger partial charge in [0.05, 0.1) is 22.7 Å². The van der Waals surface area contributed by atoms with Crippen molar-refractivity contribution in [3.05, 3.63) is 101 Å². The van der Waals surface area contributed by atoms with Crippen LogP contribution in [-0.4, -0.2) is 43.9 Å². The third-order valence-corrected chi connectivity index (χ3v) is 7.22. The fourth-order valence-electron chi connectivity index (χ4n) is 3.78. The van der Waals surface area contributed by atoms with E-state index in [9.17, 15) is 26.4 Å². The number of hydrogen-bond donors (Lipinski definition) is 2. The van der Waals surface area contributed by atoms with Crippen LogP contribution in [0.1, 0.15) is 29.5 Å². The van der Waals surface area contributed by atoms with Crippen LogP contribution in [0.2, 0.25) is 5.02 Å². The molecule has 208 valence electrons. The fourth-order valence-corrected chi connectivity index (χ4v) is 4.86. The second kappa shape index (κ2) is 11.9. The summed E-state index contributed by atoms with van der Waals surface area (Å²) in [6.07, 6.45) is -3.64. The van der Waals surface area contributed by atoms with Crippen LogP contribution in [0.25, 0.3) is 0 Å². The van der Waals surface area contributed by atoms with Gasteiger partial charge in [-0.15, -0.1) is 4.40 Å². The first kappa shape index (κ1) is 28.8. The molecule has 4 rings (SSSR count). The van der Waals surface area contributed by atoms with Gasteiger partial charge < -0.3 is 5.32 Å². The molecular weight excluding hydrogens is 569 g/mol. The minimum Gasteiger partial charge on any atom is -0.316 e. The smallest absolute Gasteiger partial charge is 0.316 e. The minimum absolute atomic E-state index is 0.145. The molecule has 3 aromatic rings. The summed E-state index contributed by atoms with van der Waals surface area (Å²) >= 11 is 6.06. The summed E-state index contributed by atoms with van der Waals surface area (Å²) in [7, 11) is -4.51. The molecule has 1 aliphatic heterocycles. The van der Waals surface area contributed by atoms with Gasteiger partial charge in [0.15, 0.2) is 0 Å². The van der Waals surface area contributed by atoms with Crippen molar-refractivity contribution in [3.63, 3.8) is 0 Å². The van der Waals surface area contributed by atoms with Gasteiger partial charge in [-0.1, -0.05) is 54.1 Å². The van der Waals surface area contributed by atoms with E-state index in [0.29, 0.717) is 22.9 Å². The van der Waals surface area contributed by atoms with Crippen molar-refractivity contribution in [2.75, 3.05) is 6.54 Å². The molecule has 0 unspecified atom stereocenters. The lowest BCUT2D eigenvalue weighted by atomic mass is 9.91. The van der Waals surface area contributed by atoms with E-state index >= 15 is 0 Å². The Balaban J connectivity index is 1.75. The van der Waals surface area contributed by atoms with Crippen LogP contribution in [0.15, 0.2) is 98.4 Å². The summed E-state index contributed by atoms with van der Waals surface area (Å²) in [5, 5.41) is 12.6. The Bertz CT molecular complexity index is 1560. The topological polar surface area (TPSA) is 116 Å². The van der Waals surface area contributed by atoms with E-state index in [1.54, 1.807) is 24.3 Å². The highest BCUT2D eigenvalue weighted by Gasteiger charge is 2.33. The maximum atomic E-state index is 13.1. The zero-order chi connectivity index (χ0) is 28.9. The molecule has 0 saturated carbocycles. The molecule has 2 N–H and O–H groups in total. The number of benzene rings is 3. The van der Waals surface area contributed by atoms with E-state index in [0.717, 1.165) is 29.6 Å². The molecule has 3 aromatic carbocycles. The third kappa shape index (κ3) is 7.04. The second-order valence-electron chi connectivity index (χ2n) is 8.52. The number of rotatable bonds is 6. The molecule has 0 aromatic heterocycles. The lowest BCUT2D eigenvalue weighted by Gasteiger charge is -2.17. The summed E-state index contributed by atoms with van der Waals surface area (Å²) in [5.74, 6) is -1.08. The van der Waals surface area contributed by atoms with Crippen molar-refractivity contribution < 1.29 is 26.4 Å². The number of nitrogens with one attached hydrogen (secondary N) is 2. The third-order valence-electron chi connectivity index (χ3n) is 5.68. The fraction of sp³-hybridized carbons (Fsp3) is 0.154. The van der Waals surface area contributed by atoms with Crippen LogP contribution in [0.4, 0.5) is 13.2 Å². The molecule has 0 spiro atoms. The number of sulfonamides is 1. The molecule has 0 bridgehead atoms. The first-order chi connectivity index (χ1) is 18.9. The van der Waals surface area contributed by atoms with E-state index < -0.39 is 32.6 Å². The van der Waals surface area contributed by atoms with Crippen molar-refractivity contribution in [1.29, 1.82) is 0 Å². The van der Waals surface area contributed by atoms with E-state index in [4.69, 9.17) is 11.6 Å². The number of carbonyl (C=O) groups excluding carboxylic acids is 1.